The van der Waals surface area contributed by atoms with Crippen molar-refractivity contribution in [1.29, 1.82) is 5.26 Å². The van der Waals surface area contributed by atoms with Crippen LogP contribution in [0.15, 0.2) is 90.0 Å². The largest absolute Gasteiger partial charge is 0.325 e. The summed E-state index contributed by atoms with van der Waals surface area (Å²) in [5.74, 6) is -0.329. The number of halogens is 1. The van der Waals surface area contributed by atoms with Crippen LogP contribution >= 0.6 is 23.4 Å². The van der Waals surface area contributed by atoms with E-state index in [1.54, 1.807) is 12.1 Å². The molecule has 0 saturated carbocycles. The van der Waals surface area contributed by atoms with Crippen molar-refractivity contribution in [3.63, 3.8) is 0 Å². The smallest absolute Gasteiger partial charge is 0.269 e. The van der Waals surface area contributed by atoms with Crippen LogP contribution in [0, 0.1) is 21.4 Å². The maximum Gasteiger partial charge on any atom is 0.269 e. The molecular weight excluding hydrogens is 484 g/mol. The number of non-ortho nitro benzene ring substituents is 1. The Morgan fingerprint density at radius 2 is 1.71 bits per heavy atom. The zero-order chi connectivity index (χ0) is 24.8. The van der Waals surface area contributed by atoms with Gasteiger partial charge >= 0.3 is 0 Å². The Balaban J connectivity index is 1.63. The van der Waals surface area contributed by atoms with Gasteiger partial charge in [0.25, 0.3) is 5.69 Å². The molecule has 35 heavy (non-hydrogen) atoms. The summed E-state index contributed by atoms with van der Waals surface area (Å²) in [5.41, 5.74) is 3.79. The van der Waals surface area contributed by atoms with Gasteiger partial charge in [-0.3, -0.25) is 14.9 Å². The van der Waals surface area contributed by atoms with Crippen molar-refractivity contribution in [3.8, 4) is 28.5 Å². The molecule has 0 atom stereocenters. The van der Waals surface area contributed by atoms with Gasteiger partial charge in [0.2, 0.25) is 5.91 Å². The Kier molecular flexibility index (Phi) is 7.41. The number of nitrogens with zero attached hydrogens (tertiary/aromatic N) is 3. The zero-order valence-electron chi connectivity index (χ0n) is 18.1. The highest BCUT2D eigenvalue weighted by Gasteiger charge is 2.17. The summed E-state index contributed by atoms with van der Waals surface area (Å²) in [5, 5.41) is 24.5. The van der Waals surface area contributed by atoms with Crippen molar-refractivity contribution in [2.75, 3.05) is 11.1 Å². The maximum absolute atomic E-state index is 12.6. The van der Waals surface area contributed by atoms with Gasteiger partial charge in [-0.2, -0.15) is 5.26 Å². The zero-order valence-corrected chi connectivity index (χ0v) is 19.7. The molecule has 0 unspecified atom stereocenters. The number of nitrogens with one attached hydrogen (secondary N) is 1. The number of carbonyl (C=O) groups is 1. The van der Waals surface area contributed by atoms with E-state index in [-0.39, 0.29) is 17.3 Å². The number of nitro benzene ring substituents is 1. The molecule has 7 nitrogen and oxygen atoms in total. The number of carbonyl (C=O) groups excluding carboxylic acids is 1. The molecule has 172 valence electrons. The first-order chi connectivity index (χ1) is 16.9. The first-order valence-corrected chi connectivity index (χ1v) is 11.7. The van der Waals surface area contributed by atoms with Crippen molar-refractivity contribution < 1.29 is 9.72 Å². The standard InChI is InChI=1S/C26H17ClN4O3S/c27-19-8-6-17(7-9-19)22-14-24(18-4-2-1-3-5-18)30-26(23(22)15-28)35-16-25(32)29-20-10-12-21(13-11-20)31(33)34/h1-14H,16H2,(H,29,32). The number of aromatic nitrogens is 1. The number of hydrogen-bond acceptors (Lipinski definition) is 6. The number of nitro groups is 1. The molecule has 4 rings (SSSR count). The van der Waals surface area contributed by atoms with Gasteiger partial charge in [-0.15, -0.1) is 0 Å². The third-order valence-corrected chi connectivity index (χ3v) is 6.25. The molecule has 0 radical (unpaired) electrons. The molecule has 0 fully saturated rings. The lowest BCUT2D eigenvalue weighted by atomic mass is 9.99. The van der Waals surface area contributed by atoms with Gasteiger partial charge in [0.1, 0.15) is 11.1 Å². The summed E-state index contributed by atoms with van der Waals surface area (Å²) in [6.07, 6.45) is 0. The van der Waals surface area contributed by atoms with E-state index in [1.165, 1.54) is 24.3 Å². The first-order valence-electron chi connectivity index (χ1n) is 10.4. The SMILES string of the molecule is N#Cc1c(-c2ccc(Cl)cc2)cc(-c2ccccc2)nc1SCC(=O)Nc1ccc([N+](=O)[O-])cc1. The van der Waals surface area contributed by atoms with Crippen LogP contribution in [-0.2, 0) is 4.79 Å². The molecule has 1 aromatic heterocycles. The highest BCUT2D eigenvalue weighted by atomic mass is 35.5. The fourth-order valence-electron chi connectivity index (χ4n) is 3.35. The number of nitriles is 1. The molecule has 0 saturated heterocycles. The molecule has 1 N–H and O–H groups in total. The summed E-state index contributed by atoms with van der Waals surface area (Å²) in [6.45, 7) is 0. The van der Waals surface area contributed by atoms with E-state index in [0.29, 0.717) is 32.6 Å². The van der Waals surface area contributed by atoms with Crippen molar-refractivity contribution in [2.45, 2.75) is 5.03 Å². The Morgan fingerprint density at radius 1 is 1.03 bits per heavy atom. The highest BCUT2D eigenvalue weighted by molar-refractivity contribution is 8.00. The van der Waals surface area contributed by atoms with Crippen LogP contribution in [0.5, 0.6) is 0 Å². The monoisotopic (exact) mass is 500 g/mol. The van der Waals surface area contributed by atoms with Gasteiger partial charge in [0, 0.05) is 34.0 Å². The van der Waals surface area contributed by atoms with Gasteiger partial charge in [0.15, 0.2) is 0 Å². The minimum absolute atomic E-state index is 0.00301. The molecule has 3 aromatic carbocycles. The lowest BCUT2D eigenvalue weighted by molar-refractivity contribution is -0.384. The van der Waals surface area contributed by atoms with E-state index >= 15 is 0 Å². The second-order valence-corrected chi connectivity index (χ2v) is 8.76. The van der Waals surface area contributed by atoms with Crippen LogP contribution in [0.25, 0.3) is 22.4 Å². The number of thioether (sulfide) groups is 1. The first kappa shape index (κ1) is 24.0. The Morgan fingerprint density at radius 3 is 2.34 bits per heavy atom. The van der Waals surface area contributed by atoms with Crippen molar-refractivity contribution in [2.24, 2.45) is 0 Å². The normalized spacial score (nSPS) is 10.4. The molecule has 0 aliphatic heterocycles. The predicted octanol–water partition coefficient (Wildman–Crippen LogP) is 6.58. The minimum Gasteiger partial charge on any atom is -0.325 e. The van der Waals surface area contributed by atoms with E-state index in [2.05, 4.69) is 16.4 Å². The lowest BCUT2D eigenvalue weighted by Gasteiger charge is -2.13. The Hall–Kier alpha value is -4.19. The molecule has 1 heterocycles. The average molecular weight is 501 g/mol. The summed E-state index contributed by atoms with van der Waals surface area (Å²) in [4.78, 5) is 27.5. The molecule has 4 aromatic rings. The molecule has 9 heteroatoms. The fraction of sp³-hybridized carbons (Fsp3) is 0.0385. The van der Waals surface area contributed by atoms with Gasteiger partial charge in [-0.1, -0.05) is 65.8 Å². The van der Waals surface area contributed by atoms with Gasteiger partial charge in [-0.05, 0) is 35.9 Å². The second-order valence-electron chi connectivity index (χ2n) is 7.36. The summed E-state index contributed by atoms with van der Waals surface area (Å²) in [7, 11) is 0. The van der Waals surface area contributed by atoms with Crippen LogP contribution in [0.1, 0.15) is 5.56 Å². The van der Waals surface area contributed by atoms with Crippen LogP contribution in [0.4, 0.5) is 11.4 Å². The van der Waals surface area contributed by atoms with Crippen LogP contribution in [0.3, 0.4) is 0 Å². The van der Waals surface area contributed by atoms with Crippen LogP contribution in [-0.4, -0.2) is 21.6 Å². The molecule has 0 spiro atoms. The molecule has 0 aliphatic rings. The third kappa shape index (κ3) is 5.84. The maximum atomic E-state index is 12.6. The number of hydrogen-bond donors (Lipinski definition) is 1. The molecule has 0 aliphatic carbocycles. The van der Waals surface area contributed by atoms with Crippen LogP contribution < -0.4 is 5.32 Å². The van der Waals surface area contributed by atoms with E-state index in [0.717, 1.165) is 22.9 Å². The molecule has 1 amide bonds. The number of rotatable bonds is 7. The fourth-order valence-corrected chi connectivity index (χ4v) is 4.27. The average Bonchev–Trinajstić information content (AvgIpc) is 2.88. The third-order valence-electron chi connectivity index (χ3n) is 5.02. The molecular formula is C26H17ClN4O3S. The number of pyridine rings is 1. The topological polar surface area (TPSA) is 109 Å². The van der Waals surface area contributed by atoms with E-state index in [1.807, 2.05) is 48.5 Å². The van der Waals surface area contributed by atoms with Gasteiger partial charge in [0.05, 0.1) is 21.9 Å². The molecule has 0 bridgehead atoms. The number of anilines is 1. The Bertz CT molecular complexity index is 1420. The van der Waals surface area contributed by atoms with Crippen molar-refractivity contribution >= 4 is 40.6 Å². The van der Waals surface area contributed by atoms with E-state index in [4.69, 9.17) is 11.6 Å². The van der Waals surface area contributed by atoms with Crippen molar-refractivity contribution in [1.82, 2.24) is 4.98 Å². The summed E-state index contributed by atoms with van der Waals surface area (Å²) < 4.78 is 0. The predicted molar refractivity (Wildman–Crippen MR) is 137 cm³/mol. The van der Waals surface area contributed by atoms with E-state index < -0.39 is 4.92 Å². The van der Waals surface area contributed by atoms with E-state index in [9.17, 15) is 20.2 Å². The minimum atomic E-state index is -0.505. The summed E-state index contributed by atoms with van der Waals surface area (Å²) in [6, 6.07) is 26.4. The number of benzene rings is 3. The Labute approximate surface area is 210 Å². The van der Waals surface area contributed by atoms with Crippen LogP contribution in [0.2, 0.25) is 5.02 Å². The van der Waals surface area contributed by atoms with Gasteiger partial charge < -0.3 is 5.32 Å². The summed E-state index contributed by atoms with van der Waals surface area (Å²) >= 11 is 7.20. The number of amides is 1. The van der Waals surface area contributed by atoms with Gasteiger partial charge in [-0.25, -0.2) is 4.98 Å². The lowest BCUT2D eigenvalue weighted by Crippen LogP contribution is -2.14. The quantitative estimate of drug-likeness (QED) is 0.174. The highest BCUT2D eigenvalue weighted by Crippen LogP contribution is 2.34. The second kappa shape index (κ2) is 10.8. The van der Waals surface area contributed by atoms with Crippen molar-refractivity contribution in [3.05, 3.63) is 106 Å².